The fourth-order valence-corrected chi connectivity index (χ4v) is 3.16. The molecule has 1 amide bonds. The number of ether oxygens (including phenoxy) is 1. The second-order valence-corrected chi connectivity index (χ2v) is 7.84. The molecule has 0 aliphatic carbocycles. The van der Waals surface area contributed by atoms with Crippen LogP contribution < -0.4 is 15.0 Å². The van der Waals surface area contributed by atoms with Crippen molar-refractivity contribution >= 4 is 35.4 Å². The normalized spacial score (nSPS) is 12.6. The lowest BCUT2D eigenvalue weighted by atomic mass is 10.1. The number of rotatable bonds is 10. The minimum absolute atomic E-state index is 0. The van der Waals surface area contributed by atoms with Gasteiger partial charge in [0.25, 0.3) is 5.91 Å². The highest BCUT2D eigenvalue weighted by Gasteiger charge is 2.35. The van der Waals surface area contributed by atoms with Crippen LogP contribution >= 0.6 is 12.4 Å². The predicted octanol–water partition coefficient (Wildman–Crippen LogP) is 6.07. The zero-order chi connectivity index (χ0) is 24.6. The monoisotopic (exact) mass is 499 g/mol. The SMILES string of the molecule is Cl.[C-]#[N+]c1ccc(NC(=O)[C@@](C)(O)COc2ccc(N(CCC)CCC)cc2)cc1C(F)(F)F. The smallest absolute Gasteiger partial charge is 0.407 e. The van der Waals surface area contributed by atoms with Gasteiger partial charge in [0, 0.05) is 24.5 Å². The van der Waals surface area contributed by atoms with E-state index in [9.17, 15) is 23.1 Å². The lowest BCUT2D eigenvalue weighted by molar-refractivity contribution is -0.137. The molecule has 0 unspecified atom stereocenters. The first-order valence-electron chi connectivity index (χ1n) is 10.6. The van der Waals surface area contributed by atoms with Crippen molar-refractivity contribution in [1.82, 2.24) is 0 Å². The van der Waals surface area contributed by atoms with E-state index in [2.05, 4.69) is 28.9 Å². The van der Waals surface area contributed by atoms with E-state index in [0.717, 1.165) is 37.7 Å². The van der Waals surface area contributed by atoms with Gasteiger partial charge in [-0.1, -0.05) is 19.9 Å². The van der Waals surface area contributed by atoms with Gasteiger partial charge in [0.1, 0.15) is 12.4 Å². The van der Waals surface area contributed by atoms with E-state index in [0.29, 0.717) is 11.8 Å². The van der Waals surface area contributed by atoms with Crippen LogP contribution in [0.25, 0.3) is 4.85 Å². The molecule has 0 bridgehead atoms. The average molecular weight is 500 g/mol. The number of benzene rings is 2. The van der Waals surface area contributed by atoms with E-state index in [-0.39, 0.29) is 18.1 Å². The van der Waals surface area contributed by atoms with Gasteiger partial charge in [-0.25, -0.2) is 4.85 Å². The summed E-state index contributed by atoms with van der Waals surface area (Å²) < 4.78 is 44.9. The van der Waals surface area contributed by atoms with Gasteiger partial charge in [0.05, 0.1) is 12.1 Å². The zero-order valence-corrected chi connectivity index (χ0v) is 20.1. The van der Waals surface area contributed by atoms with Crippen molar-refractivity contribution in [3.63, 3.8) is 0 Å². The number of halogens is 4. The van der Waals surface area contributed by atoms with E-state index < -0.39 is 35.5 Å². The van der Waals surface area contributed by atoms with E-state index in [1.807, 2.05) is 12.1 Å². The van der Waals surface area contributed by atoms with Gasteiger partial charge in [-0.15, -0.1) is 12.4 Å². The third-order valence-corrected chi connectivity index (χ3v) is 4.88. The molecule has 2 rings (SSSR count). The van der Waals surface area contributed by atoms with Crippen LogP contribution in [0.15, 0.2) is 42.5 Å². The van der Waals surface area contributed by atoms with Crippen LogP contribution in [0, 0.1) is 6.57 Å². The lowest BCUT2D eigenvalue weighted by Gasteiger charge is -2.25. The van der Waals surface area contributed by atoms with Gasteiger partial charge in [-0.05, 0) is 56.2 Å². The van der Waals surface area contributed by atoms with Crippen LogP contribution in [0.1, 0.15) is 39.2 Å². The number of nitrogens with one attached hydrogen (secondary N) is 1. The highest BCUT2D eigenvalue weighted by atomic mass is 35.5. The van der Waals surface area contributed by atoms with E-state index >= 15 is 0 Å². The molecule has 0 spiro atoms. The molecule has 0 saturated heterocycles. The van der Waals surface area contributed by atoms with Gasteiger partial charge >= 0.3 is 6.18 Å². The minimum Gasteiger partial charge on any atom is -0.490 e. The number of alkyl halides is 3. The molecule has 0 aromatic heterocycles. The van der Waals surface area contributed by atoms with Crippen LogP contribution in [0.2, 0.25) is 0 Å². The first-order valence-corrected chi connectivity index (χ1v) is 10.6. The molecule has 1 atom stereocenters. The average Bonchev–Trinajstić information content (AvgIpc) is 2.77. The molecule has 2 aromatic carbocycles. The van der Waals surface area contributed by atoms with Gasteiger partial charge in [0.15, 0.2) is 11.3 Å². The van der Waals surface area contributed by atoms with Crippen molar-refractivity contribution in [2.45, 2.75) is 45.4 Å². The van der Waals surface area contributed by atoms with Crippen LogP contribution in [0.5, 0.6) is 5.75 Å². The Bertz CT molecular complexity index is 984. The molecular weight excluding hydrogens is 471 g/mol. The Hall–Kier alpha value is -2.96. The third kappa shape index (κ3) is 7.82. The van der Waals surface area contributed by atoms with Crippen molar-refractivity contribution in [3.8, 4) is 5.75 Å². The number of hydrogen-bond acceptors (Lipinski definition) is 4. The summed E-state index contributed by atoms with van der Waals surface area (Å²) in [6.45, 7) is 13.7. The second-order valence-electron chi connectivity index (χ2n) is 7.84. The topological polar surface area (TPSA) is 66.2 Å². The zero-order valence-electron chi connectivity index (χ0n) is 19.3. The maximum Gasteiger partial charge on any atom is 0.407 e. The maximum atomic E-state index is 13.1. The Morgan fingerprint density at radius 3 is 2.21 bits per heavy atom. The second kappa shape index (κ2) is 12.5. The molecule has 2 aromatic rings. The van der Waals surface area contributed by atoms with Crippen LogP contribution in [0.3, 0.4) is 0 Å². The number of hydrogen-bond donors (Lipinski definition) is 2. The van der Waals surface area contributed by atoms with Gasteiger partial charge in [0.2, 0.25) is 0 Å². The lowest BCUT2D eigenvalue weighted by Crippen LogP contribution is -2.45. The molecule has 186 valence electrons. The Labute approximate surface area is 203 Å². The number of amides is 1. The summed E-state index contributed by atoms with van der Waals surface area (Å²) in [5, 5.41) is 12.8. The Balaban J connectivity index is 0.00000578. The van der Waals surface area contributed by atoms with Crippen molar-refractivity contribution in [2.24, 2.45) is 0 Å². The van der Waals surface area contributed by atoms with E-state index in [1.54, 1.807) is 12.1 Å². The van der Waals surface area contributed by atoms with E-state index in [1.165, 1.54) is 13.0 Å². The van der Waals surface area contributed by atoms with Crippen molar-refractivity contribution in [1.29, 1.82) is 0 Å². The molecule has 0 saturated carbocycles. The minimum atomic E-state index is -4.75. The van der Waals surface area contributed by atoms with E-state index in [4.69, 9.17) is 11.3 Å². The summed E-state index contributed by atoms with van der Waals surface area (Å²) in [5.74, 6) is -0.486. The molecule has 0 aliphatic heterocycles. The van der Waals surface area contributed by atoms with Gasteiger partial charge < -0.3 is 20.1 Å². The van der Waals surface area contributed by atoms with Crippen LogP contribution in [0.4, 0.5) is 30.2 Å². The fraction of sp³-hybridized carbons (Fsp3) is 0.417. The number of nitrogens with zero attached hydrogens (tertiary/aromatic N) is 2. The molecule has 10 heteroatoms. The Morgan fingerprint density at radius 1 is 1.12 bits per heavy atom. The molecule has 0 radical (unpaired) electrons. The number of aliphatic hydroxyl groups is 1. The molecule has 2 N–H and O–H groups in total. The summed E-state index contributed by atoms with van der Waals surface area (Å²) >= 11 is 0. The first kappa shape index (κ1) is 29.1. The number of carbonyl (C=O) groups excluding carboxylic acids is 1. The Kier molecular flexibility index (Phi) is 10.7. The summed E-state index contributed by atoms with van der Waals surface area (Å²) in [7, 11) is 0. The summed E-state index contributed by atoms with van der Waals surface area (Å²) in [6.07, 6.45) is -2.72. The van der Waals surface area contributed by atoms with Gasteiger partial charge in [-0.3, -0.25) is 4.79 Å². The third-order valence-electron chi connectivity index (χ3n) is 4.88. The highest BCUT2D eigenvalue weighted by molar-refractivity contribution is 5.97. The van der Waals surface area contributed by atoms with Crippen molar-refractivity contribution in [3.05, 3.63) is 59.4 Å². The predicted molar refractivity (Wildman–Crippen MR) is 129 cm³/mol. The number of carbonyl (C=O) groups is 1. The standard InChI is InChI=1S/C24H28F3N3O3.ClH/c1-5-13-30(14-6-2)18-8-10-19(11-9-18)33-16-23(3,32)22(31)29-17-7-12-21(28-4)20(15-17)24(25,26)27;/h7-12,15,32H,5-6,13-14,16H2,1-3H3,(H,29,31);1H/t23-;/m0./s1. The number of anilines is 2. The van der Waals surface area contributed by atoms with Crippen molar-refractivity contribution < 1.29 is 27.8 Å². The molecule has 0 heterocycles. The molecular formula is C24H29ClF3N3O3. The molecule has 0 aliphatic rings. The molecule has 0 fully saturated rings. The highest BCUT2D eigenvalue weighted by Crippen LogP contribution is 2.38. The van der Waals surface area contributed by atoms with Crippen LogP contribution in [-0.2, 0) is 11.0 Å². The summed E-state index contributed by atoms with van der Waals surface area (Å²) in [4.78, 5) is 17.6. The largest absolute Gasteiger partial charge is 0.490 e. The quantitative estimate of drug-likeness (QED) is 0.389. The first-order chi connectivity index (χ1) is 15.5. The summed E-state index contributed by atoms with van der Waals surface area (Å²) in [5.41, 5.74) is -2.89. The maximum absolute atomic E-state index is 13.1. The van der Waals surface area contributed by atoms with Crippen LogP contribution in [-0.4, -0.2) is 36.3 Å². The van der Waals surface area contributed by atoms with Crippen molar-refractivity contribution in [2.75, 3.05) is 29.9 Å². The summed E-state index contributed by atoms with van der Waals surface area (Å²) in [6, 6.07) is 10.1. The Morgan fingerprint density at radius 2 is 1.71 bits per heavy atom. The molecule has 34 heavy (non-hydrogen) atoms. The molecule has 6 nitrogen and oxygen atoms in total. The fourth-order valence-electron chi connectivity index (χ4n) is 3.16. The van der Waals surface area contributed by atoms with Gasteiger partial charge in [-0.2, -0.15) is 13.2 Å².